The summed E-state index contributed by atoms with van der Waals surface area (Å²) in [6, 6.07) is 9.11. The van der Waals surface area contributed by atoms with E-state index in [9.17, 15) is 9.90 Å². The molecule has 3 N–H and O–H groups in total. The van der Waals surface area contributed by atoms with Gasteiger partial charge in [-0.1, -0.05) is 12.1 Å². The van der Waals surface area contributed by atoms with E-state index in [0.29, 0.717) is 28.3 Å². The number of nitrogens with zero attached hydrogens (tertiary/aromatic N) is 5. The number of aromatic nitrogens is 5. The minimum Gasteiger partial charge on any atom is -0.392 e. The Morgan fingerprint density at radius 3 is 2.90 bits per heavy atom. The summed E-state index contributed by atoms with van der Waals surface area (Å²) in [5.74, 6) is 0.350. The van der Waals surface area contributed by atoms with Gasteiger partial charge in [-0.3, -0.25) is 9.78 Å². The number of aliphatic hydroxyl groups excluding tert-OH is 1. The van der Waals surface area contributed by atoms with Crippen LogP contribution in [0.15, 0.2) is 55.1 Å². The largest absolute Gasteiger partial charge is 0.392 e. The number of anilines is 2. The second kappa shape index (κ2) is 8.26. The van der Waals surface area contributed by atoms with Crippen LogP contribution in [0.3, 0.4) is 0 Å². The zero-order chi connectivity index (χ0) is 21.1. The zero-order valence-electron chi connectivity index (χ0n) is 16.6. The van der Waals surface area contributed by atoms with Crippen molar-refractivity contribution in [2.45, 2.75) is 19.6 Å². The summed E-state index contributed by atoms with van der Waals surface area (Å²) in [7, 11) is 1.82. The minimum absolute atomic E-state index is 0.0683. The van der Waals surface area contributed by atoms with Crippen molar-refractivity contribution in [3.63, 3.8) is 0 Å². The van der Waals surface area contributed by atoms with Crippen molar-refractivity contribution in [1.29, 1.82) is 0 Å². The smallest absolute Gasteiger partial charge is 0.257 e. The summed E-state index contributed by atoms with van der Waals surface area (Å²) in [6.07, 6.45) is 6.34. The van der Waals surface area contributed by atoms with Crippen molar-refractivity contribution in [1.82, 2.24) is 24.7 Å². The molecule has 3 heterocycles. The Balaban J connectivity index is 1.48. The van der Waals surface area contributed by atoms with Crippen LogP contribution in [0.5, 0.6) is 0 Å². The molecule has 0 radical (unpaired) electrons. The molecule has 9 nitrogen and oxygen atoms in total. The van der Waals surface area contributed by atoms with Gasteiger partial charge in [0.15, 0.2) is 5.65 Å². The SMILES string of the molecule is C[C@H](Nc1cnc2cnn(C)c2n1)c1cccc(NC(=O)c2cncc(CO)c2)c1. The molecular formula is C21H21N7O2. The molecule has 1 atom stereocenters. The molecule has 0 saturated heterocycles. The van der Waals surface area contributed by atoms with Gasteiger partial charge in [0.1, 0.15) is 11.3 Å². The summed E-state index contributed by atoms with van der Waals surface area (Å²) in [4.78, 5) is 25.4. The molecule has 30 heavy (non-hydrogen) atoms. The normalized spacial score (nSPS) is 12.0. The fraction of sp³-hybridized carbons (Fsp3) is 0.190. The number of carbonyl (C=O) groups is 1. The van der Waals surface area contributed by atoms with Crippen LogP contribution in [0.1, 0.15) is 34.5 Å². The van der Waals surface area contributed by atoms with E-state index in [0.717, 1.165) is 11.1 Å². The Hall–Kier alpha value is -3.85. The van der Waals surface area contributed by atoms with E-state index in [1.807, 2.05) is 38.2 Å². The van der Waals surface area contributed by atoms with Crippen molar-refractivity contribution in [2.24, 2.45) is 7.05 Å². The van der Waals surface area contributed by atoms with Gasteiger partial charge >= 0.3 is 0 Å². The monoisotopic (exact) mass is 403 g/mol. The van der Waals surface area contributed by atoms with Crippen molar-refractivity contribution in [3.8, 4) is 0 Å². The van der Waals surface area contributed by atoms with Gasteiger partial charge in [-0.25, -0.2) is 14.6 Å². The number of hydrogen-bond donors (Lipinski definition) is 3. The third-order valence-electron chi connectivity index (χ3n) is 4.69. The summed E-state index contributed by atoms with van der Waals surface area (Å²) in [5.41, 5.74) is 4.04. The molecule has 0 saturated carbocycles. The summed E-state index contributed by atoms with van der Waals surface area (Å²) >= 11 is 0. The fourth-order valence-corrected chi connectivity index (χ4v) is 3.08. The molecule has 3 aromatic heterocycles. The predicted molar refractivity (Wildman–Crippen MR) is 113 cm³/mol. The van der Waals surface area contributed by atoms with Crippen molar-refractivity contribution >= 4 is 28.6 Å². The molecular weight excluding hydrogens is 382 g/mol. The Bertz CT molecular complexity index is 1200. The molecule has 0 spiro atoms. The first-order chi connectivity index (χ1) is 14.5. The minimum atomic E-state index is -0.289. The highest BCUT2D eigenvalue weighted by Crippen LogP contribution is 2.22. The van der Waals surface area contributed by atoms with Crippen LogP contribution in [0, 0.1) is 0 Å². The number of aliphatic hydroxyl groups is 1. The van der Waals surface area contributed by atoms with Gasteiger partial charge in [0.05, 0.1) is 30.6 Å². The highest BCUT2D eigenvalue weighted by molar-refractivity contribution is 6.04. The number of pyridine rings is 1. The third kappa shape index (κ3) is 4.11. The second-order valence-corrected chi connectivity index (χ2v) is 6.92. The van der Waals surface area contributed by atoms with Gasteiger partial charge < -0.3 is 15.7 Å². The quantitative estimate of drug-likeness (QED) is 0.453. The highest BCUT2D eigenvalue weighted by Gasteiger charge is 2.12. The molecule has 9 heteroatoms. The van der Waals surface area contributed by atoms with Crippen LogP contribution >= 0.6 is 0 Å². The molecule has 0 aliphatic rings. The lowest BCUT2D eigenvalue weighted by Gasteiger charge is -2.16. The van der Waals surface area contributed by atoms with E-state index in [-0.39, 0.29) is 18.6 Å². The summed E-state index contributed by atoms with van der Waals surface area (Å²) in [6.45, 7) is 1.84. The number of fused-ring (bicyclic) bond motifs is 1. The first kappa shape index (κ1) is 19.5. The lowest BCUT2D eigenvalue weighted by atomic mass is 10.1. The molecule has 152 valence electrons. The predicted octanol–water partition coefficient (Wildman–Crippen LogP) is 2.68. The number of rotatable bonds is 6. The maximum absolute atomic E-state index is 12.5. The molecule has 4 rings (SSSR count). The molecule has 4 aromatic rings. The number of benzene rings is 1. The Kier molecular flexibility index (Phi) is 5.36. The Morgan fingerprint density at radius 2 is 2.07 bits per heavy atom. The fourth-order valence-electron chi connectivity index (χ4n) is 3.08. The molecule has 0 unspecified atom stereocenters. The van der Waals surface area contributed by atoms with Crippen LogP contribution in [-0.2, 0) is 13.7 Å². The van der Waals surface area contributed by atoms with Gasteiger partial charge in [0, 0.05) is 25.1 Å². The Morgan fingerprint density at radius 1 is 1.20 bits per heavy atom. The maximum Gasteiger partial charge on any atom is 0.257 e. The number of hydrogen-bond acceptors (Lipinski definition) is 7. The van der Waals surface area contributed by atoms with Crippen LogP contribution in [0.2, 0.25) is 0 Å². The average Bonchev–Trinajstić information content (AvgIpc) is 3.14. The van der Waals surface area contributed by atoms with Crippen molar-refractivity contribution in [2.75, 3.05) is 10.6 Å². The topological polar surface area (TPSA) is 118 Å². The van der Waals surface area contributed by atoms with E-state index >= 15 is 0 Å². The average molecular weight is 403 g/mol. The summed E-state index contributed by atoms with van der Waals surface area (Å²) < 4.78 is 1.68. The Labute approximate surface area is 172 Å². The van der Waals surface area contributed by atoms with Crippen LogP contribution in [0.25, 0.3) is 11.2 Å². The van der Waals surface area contributed by atoms with Crippen LogP contribution in [-0.4, -0.2) is 35.7 Å². The molecule has 0 aliphatic heterocycles. The first-order valence-corrected chi connectivity index (χ1v) is 9.41. The highest BCUT2D eigenvalue weighted by atomic mass is 16.3. The zero-order valence-corrected chi connectivity index (χ0v) is 16.6. The molecule has 0 fully saturated rings. The van der Waals surface area contributed by atoms with Gasteiger partial charge in [-0.15, -0.1) is 0 Å². The van der Waals surface area contributed by atoms with E-state index in [2.05, 4.69) is 30.7 Å². The number of carbonyl (C=O) groups excluding carboxylic acids is 1. The van der Waals surface area contributed by atoms with Crippen LogP contribution in [0.4, 0.5) is 11.5 Å². The number of aryl methyl sites for hydroxylation is 1. The maximum atomic E-state index is 12.5. The van der Waals surface area contributed by atoms with Gasteiger partial charge in [-0.2, -0.15) is 5.10 Å². The van der Waals surface area contributed by atoms with Crippen molar-refractivity contribution in [3.05, 3.63) is 71.8 Å². The van der Waals surface area contributed by atoms with E-state index in [1.165, 1.54) is 12.4 Å². The van der Waals surface area contributed by atoms with E-state index in [4.69, 9.17) is 0 Å². The third-order valence-corrected chi connectivity index (χ3v) is 4.69. The first-order valence-electron chi connectivity index (χ1n) is 9.41. The van der Waals surface area contributed by atoms with E-state index < -0.39 is 0 Å². The van der Waals surface area contributed by atoms with Gasteiger partial charge in [0.2, 0.25) is 0 Å². The molecule has 1 aromatic carbocycles. The number of amides is 1. The number of nitrogens with one attached hydrogen (secondary N) is 2. The van der Waals surface area contributed by atoms with Crippen LogP contribution < -0.4 is 10.6 Å². The molecule has 1 amide bonds. The molecule has 0 bridgehead atoms. The lowest BCUT2D eigenvalue weighted by Crippen LogP contribution is -2.14. The van der Waals surface area contributed by atoms with Crippen molar-refractivity contribution < 1.29 is 9.90 Å². The molecule has 0 aliphatic carbocycles. The second-order valence-electron chi connectivity index (χ2n) is 6.92. The summed E-state index contributed by atoms with van der Waals surface area (Å²) in [5, 5.41) is 19.6. The van der Waals surface area contributed by atoms with Gasteiger partial charge in [0.25, 0.3) is 5.91 Å². The lowest BCUT2D eigenvalue weighted by molar-refractivity contribution is 0.102. The standard InChI is InChI=1S/C21H21N7O2/c1-13(25-19-11-23-18-10-24-28(2)20(18)27-19)15-4-3-5-17(7-15)26-21(30)16-6-14(12-29)8-22-9-16/h3-11,13,29H,12H2,1-2H3,(H,25,27)(H,26,30)/t13-/m0/s1. The van der Waals surface area contributed by atoms with Gasteiger partial charge in [-0.05, 0) is 36.2 Å². The van der Waals surface area contributed by atoms with E-state index in [1.54, 1.807) is 23.1 Å².